The number of carbonyl (C=O) groups is 2. The third-order valence-electron chi connectivity index (χ3n) is 5.90. The summed E-state index contributed by atoms with van der Waals surface area (Å²) in [5, 5.41) is 0. The minimum Gasteiger partial charge on any atom is -0.378 e. The molecule has 1 aliphatic rings. The predicted molar refractivity (Wildman–Crippen MR) is 132 cm³/mol. The fourth-order valence-corrected chi connectivity index (χ4v) is 3.69. The minimum atomic E-state index is 0.128. The Morgan fingerprint density at radius 3 is 1.03 bits per heavy atom. The molecular weight excluding hydrogens is 440 g/mol. The average Bonchev–Trinajstić information content (AvgIpc) is 2.82. The van der Waals surface area contributed by atoms with Crippen LogP contribution in [0.4, 0.5) is 0 Å². The van der Waals surface area contributed by atoms with Crippen LogP contribution in [0.15, 0.2) is 0 Å². The quantitative estimate of drug-likeness (QED) is 0.486. The van der Waals surface area contributed by atoms with E-state index in [0.717, 1.165) is 0 Å². The van der Waals surface area contributed by atoms with E-state index in [1.54, 1.807) is 0 Å². The molecule has 0 aromatic rings. The maximum absolute atomic E-state index is 12.5. The van der Waals surface area contributed by atoms with E-state index < -0.39 is 0 Å². The van der Waals surface area contributed by atoms with Gasteiger partial charge in [-0.2, -0.15) is 0 Å². The Labute approximate surface area is 206 Å². The lowest BCUT2D eigenvalue weighted by Gasteiger charge is -2.26. The zero-order chi connectivity index (χ0) is 25.0. The van der Waals surface area contributed by atoms with Crippen LogP contribution >= 0.6 is 0 Å². The lowest BCUT2D eigenvalue weighted by molar-refractivity contribution is -0.133. The third kappa shape index (κ3) is 13.6. The second-order valence-corrected chi connectivity index (χ2v) is 8.13. The summed E-state index contributed by atoms with van der Waals surface area (Å²) in [4.78, 5) is 32.8. The lowest BCUT2D eigenvalue weighted by atomic mass is 10.4. The zero-order valence-corrected chi connectivity index (χ0v) is 22.0. The van der Waals surface area contributed by atoms with Crippen molar-refractivity contribution < 1.29 is 28.5 Å². The molecule has 34 heavy (non-hydrogen) atoms. The van der Waals surface area contributed by atoms with Gasteiger partial charge in [0.25, 0.3) is 0 Å². The van der Waals surface area contributed by atoms with Crippen LogP contribution in [0.25, 0.3) is 0 Å². The Bertz CT molecular complexity index is 466. The standard InChI is InChI=1S/C24H48N4O6/c1-5-27(6-2)23(29)21-25-9-13-31-17-19-33-15-11-26(22-24(30)28(7-3)8-4)12-16-34-20-18-32-14-10-25/h5-22H2,1-4H3. The van der Waals surface area contributed by atoms with Crippen LogP contribution in [0.1, 0.15) is 27.7 Å². The van der Waals surface area contributed by atoms with Gasteiger partial charge < -0.3 is 28.7 Å². The van der Waals surface area contributed by atoms with Crippen molar-refractivity contribution in [1.82, 2.24) is 19.6 Å². The van der Waals surface area contributed by atoms with Crippen molar-refractivity contribution in [1.29, 1.82) is 0 Å². The van der Waals surface area contributed by atoms with Crippen LogP contribution in [0.5, 0.6) is 0 Å². The summed E-state index contributed by atoms with van der Waals surface area (Å²) in [5.74, 6) is 0.255. The summed E-state index contributed by atoms with van der Waals surface area (Å²) in [5.41, 5.74) is 0. The van der Waals surface area contributed by atoms with Crippen LogP contribution in [0, 0.1) is 0 Å². The van der Waals surface area contributed by atoms with Crippen molar-refractivity contribution in [3.8, 4) is 0 Å². The second-order valence-electron chi connectivity index (χ2n) is 8.13. The van der Waals surface area contributed by atoms with Crippen LogP contribution in [0.3, 0.4) is 0 Å². The summed E-state index contributed by atoms with van der Waals surface area (Å²) >= 11 is 0. The number of hydrogen-bond acceptors (Lipinski definition) is 8. The van der Waals surface area contributed by atoms with Crippen LogP contribution < -0.4 is 0 Å². The molecule has 10 nitrogen and oxygen atoms in total. The molecular formula is C24H48N4O6. The maximum atomic E-state index is 12.5. The summed E-state index contributed by atoms with van der Waals surface area (Å²) in [6.07, 6.45) is 0. The van der Waals surface area contributed by atoms with Gasteiger partial charge in [0.15, 0.2) is 0 Å². The molecule has 0 bridgehead atoms. The fraction of sp³-hybridized carbons (Fsp3) is 0.917. The van der Waals surface area contributed by atoms with Gasteiger partial charge in [0, 0.05) is 52.4 Å². The molecule has 0 aromatic heterocycles. The molecule has 0 aromatic carbocycles. The molecule has 1 rings (SSSR count). The van der Waals surface area contributed by atoms with Gasteiger partial charge in [0.1, 0.15) is 0 Å². The molecule has 0 atom stereocenters. The Morgan fingerprint density at radius 1 is 0.529 bits per heavy atom. The van der Waals surface area contributed by atoms with E-state index in [4.69, 9.17) is 18.9 Å². The first-order valence-corrected chi connectivity index (χ1v) is 12.9. The topological polar surface area (TPSA) is 84.0 Å². The molecule has 200 valence electrons. The first kappa shape index (κ1) is 30.7. The molecule has 10 heteroatoms. The number of amides is 2. The molecule has 0 radical (unpaired) electrons. The Kier molecular flexibility index (Phi) is 18.0. The van der Waals surface area contributed by atoms with Crippen molar-refractivity contribution in [2.45, 2.75) is 27.7 Å². The molecule has 1 heterocycles. The highest BCUT2D eigenvalue weighted by atomic mass is 16.5. The monoisotopic (exact) mass is 488 g/mol. The zero-order valence-electron chi connectivity index (χ0n) is 22.0. The number of likely N-dealkylation sites (N-methyl/N-ethyl adjacent to an activating group) is 2. The molecule has 2 amide bonds. The van der Waals surface area contributed by atoms with Crippen LogP contribution in [-0.2, 0) is 28.5 Å². The SMILES string of the molecule is CCN(CC)C(=O)CN1CCOCCOCCN(CC(=O)N(CC)CC)CCOCCOCC1. The van der Waals surface area contributed by atoms with Crippen molar-refractivity contribution in [2.24, 2.45) is 0 Å². The largest absolute Gasteiger partial charge is 0.378 e. The average molecular weight is 489 g/mol. The summed E-state index contributed by atoms with van der Waals surface area (Å²) in [7, 11) is 0. The van der Waals surface area contributed by atoms with E-state index in [2.05, 4.69) is 9.80 Å². The van der Waals surface area contributed by atoms with E-state index >= 15 is 0 Å². The molecule has 1 fully saturated rings. The Hall–Kier alpha value is -1.30. The van der Waals surface area contributed by atoms with Gasteiger partial charge in [-0.05, 0) is 27.7 Å². The summed E-state index contributed by atoms with van der Waals surface area (Å²) in [6, 6.07) is 0. The third-order valence-corrected chi connectivity index (χ3v) is 5.90. The highest BCUT2D eigenvalue weighted by Crippen LogP contribution is 1.98. The molecule has 0 aliphatic carbocycles. The van der Waals surface area contributed by atoms with Gasteiger partial charge in [-0.15, -0.1) is 0 Å². The van der Waals surface area contributed by atoms with Crippen molar-refractivity contribution >= 4 is 11.8 Å². The number of rotatable bonds is 8. The molecule has 0 saturated carbocycles. The number of ether oxygens (including phenoxy) is 4. The first-order chi connectivity index (χ1) is 16.5. The number of carbonyl (C=O) groups excluding carboxylic acids is 2. The van der Waals surface area contributed by atoms with E-state index in [1.807, 2.05) is 37.5 Å². The van der Waals surface area contributed by atoms with Gasteiger partial charge in [-0.3, -0.25) is 19.4 Å². The normalized spacial score (nSPS) is 19.2. The Balaban J connectivity index is 2.51. The van der Waals surface area contributed by atoms with Crippen LogP contribution in [-0.4, -0.2) is 150 Å². The predicted octanol–water partition coefficient (Wildman–Crippen LogP) is 0.407. The number of nitrogens with zero attached hydrogens (tertiary/aromatic N) is 4. The van der Waals surface area contributed by atoms with Gasteiger partial charge in [-0.1, -0.05) is 0 Å². The van der Waals surface area contributed by atoms with Crippen LogP contribution in [0.2, 0.25) is 0 Å². The number of hydrogen-bond donors (Lipinski definition) is 0. The summed E-state index contributed by atoms with van der Waals surface area (Å²) in [6.45, 7) is 18.3. The van der Waals surface area contributed by atoms with Gasteiger partial charge >= 0.3 is 0 Å². The molecule has 0 spiro atoms. The van der Waals surface area contributed by atoms with Crippen molar-refractivity contribution in [3.63, 3.8) is 0 Å². The van der Waals surface area contributed by atoms with Gasteiger partial charge in [0.05, 0.1) is 65.9 Å². The molecule has 0 N–H and O–H groups in total. The fourth-order valence-electron chi connectivity index (χ4n) is 3.69. The van der Waals surface area contributed by atoms with Gasteiger partial charge in [-0.25, -0.2) is 0 Å². The highest BCUT2D eigenvalue weighted by molar-refractivity contribution is 5.78. The lowest BCUT2D eigenvalue weighted by Crippen LogP contribution is -2.43. The maximum Gasteiger partial charge on any atom is 0.236 e. The molecule has 1 aliphatic heterocycles. The smallest absolute Gasteiger partial charge is 0.236 e. The molecule has 1 saturated heterocycles. The Morgan fingerprint density at radius 2 is 0.794 bits per heavy atom. The highest BCUT2D eigenvalue weighted by Gasteiger charge is 2.16. The second kappa shape index (κ2) is 19.9. The summed E-state index contributed by atoms with van der Waals surface area (Å²) < 4.78 is 22.9. The van der Waals surface area contributed by atoms with Gasteiger partial charge in [0.2, 0.25) is 11.8 Å². The van der Waals surface area contributed by atoms with E-state index in [0.29, 0.717) is 118 Å². The van der Waals surface area contributed by atoms with E-state index in [-0.39, 0.29) is 11.8 Å². The van der Waals surface area contributed by atoms with Crippen molar-refractivity contribution in [2.75, 3.05) is 118 Å². The first-order valence-electron chi connectivity index (χ1n) is 12.9. The molecule has 0 unspecified atom stereocenters. The minimum absolute atomic E-state index is 0.128. The van der Waals surface area contributed by atoms with E-state index in [1.165, 1.54) is 0 Å². The van der Waals surface area contributed by atoms with Crippen molar-refractivity contribution in [3.05, 3.63) is 0 Å². The van der Waals surface area contributed by atoms with E-state index in [9.17, 15) is 9.59 Å².